The van der Waals surface area contributed by atoms with Gasteiger partial charge in [-0.25, -0.2) is 0 Å². The van der Waals surface area contributed by atoms with E-state index < -0.39 is 0 Å². The van der Waals surface area contributed by atoms with E-state index in [1.165, 1.54) is 156 Å². The van der Waals surface area contributed by atoms with E-state index in [2.05, 4.69) is 246 Å². The van der Waals surface area contributed by atoms with Crippen LogP contribution in [0, 0.1) is 27.7 Å². The number of rotatable bonds is 0. The number of hydrogen-bond donors (Lipinski definition) is 0. The third-order valence-electron chi connectivity index (χ3n) is 20.3. The average Bonchev–Trinajstić information content (AvgIpc) is 3.40. The van der Waals surface area contributed by atoms with Crippen LogP contribution in [0.1, 0.15) is 111 Å². The Balaban J connectivity index is 0.0000000882. The highest BCUT2D eigenvalue weighted by atomic mass is 14.4. The van der Waals surface area contributed by atoms with Crippen molar-refractivity contribution >= 4 is 0 Å². The lowest BCUT2D eigenvalue weighted by molar-refractivity contribution is 1.15. The molecular weight excluding hydrogens is 1010 g/mol. The molecule has 0 radical (unpaired) electrons. The third kappa shape index (κ3) is 7.66. The van der Waals surface area contributed by atoms with Crippen LogP contribution in [-0.4, -0.2) is 0 Å². The smallest absolute Gasteiger partial charge is 0.000775 e. The van der Waals surface area contributed by atoms with Crippen molar-refractivity contribution < 1.29 is 0 Å². The number of benzene rings is 12. The second kappa shape index (κ2) is 19.1. The predicted octanol–water partition coefficient (Wildman–Crippen LogP) is 20.5. The van der Waals surface area contributed by atoms with Gasteiger partial charge in [0.05, 0.1) is 0 Å². The van der Waals surface area contributed by atoms with Crippen molar-refractivity contribution in [3.05, 3.63) is 330 Å². The standard InChI is InChI=1S/4C21H16/c1-13-5-4-7-15-12-20-18(21(13)15)10-9-17-16-8-3-2-6-14(16)11-19(17)20;1-13-5-4-8-16-18-10-9-17-15-7-3-2-6-14(15)11-20(17)21(18)12-19(13)16;1-13-6-7-17-15(10-13)12-21-19(17)9-8-18-16-5-3-2-4-14(16)11-20(18)21;1-13-6-7-15-12-21-18(19(15)10-13)9-8-17-16-5-3-2-4-14(16)11-20(17)21/h4*2-10H,11-12H2,1H3. The quantitative estimate of drug-likeness (QED) is 0.142. The molecule has 8 aliphatic rings. The van der Waals surface area contributed by atoms with Crippen molar-refractivity contribution in [2.45, 2.75) is 79.1 Å². The second-order valence-electron chi connectivity index (χ2n) is 25.0. The molecule has 0 N–H and O–H groups in total. The molecule has 20 rings (SSSR count). The van der Waals surface area contributed by atoms with Gasteiger partial charge in [0.2, 0.25) is 0 Å². The second-order valence-corrected chi connectivity index (χ2v) is 25.0. The van der Waals surface area contributed by atoms with Gasteiger partial charge in [-0.2, -0.15) is 0 Å². The first-order chi connectivity index (χ1) is 41.3. The van der Waals surface area contributed by atoms with Crippen LogP contribution in [0.4, 0.5) is 0 Å². The minimum Gasteiger partial charge on any atom is -0.0619 e. The Kier molecular flexibility index (Phi) is 11.2. The van der Waals surface area contributed by atoms with Crippen molar-refractivity contribution in [3.63, 3.8) is 0 Å². The maximum Gasteiger partial charge on any atom is -0.000775 e. The number of hydrogen-bond acceptors (Lipinski definition) is 0. The van der Waals surface area contributed by atoms with Gasteiger partial charge in [0, 0.05) is 0 Å². The summed E-state index contributed by atoms with van der Waals surface area (Å²) in [4.78, 5) is 0. The van der Waals surface area contributed by atoms with Crippen molar-refractivity contribution in [1.29, 1.82) is 0 Å². The lowest BCUT2D eigenvalue weighted by atomic mass is 9.95. The van der Waals surface area contributed by atoms with Gasteiger partial charge in [0.25, 0.3) is 0 Å². The highest BCUT2D eigenvalue weighted by Gasteiger charge is 2.32. The summed E-state index contributed by atoms with van der Waals surface area (Å²) in [7, 11) is 0. The van der Waals surface area contributed by atoms with Gasteiger partial charge in [0.1, 0.15) is 0 Å². The Morgan fingerprint density at radius 3 is 0.988 bits per heavy atom. The zero-order chi connectivity index (χ0) is 55.9. The van der Waals surface area contributed by atoms with Gasteiger partial charge in [-0.1, -0.05) is 230 Å². The highest BCUT2D eigenvalue weighted by molar-refractivity contribution is 5.91. The van der Waals surface area contributed by atoms with Crippen LogP contribution in [0.5, 0.6) is 0 Å². The summed E-state index contributed by atoms with van der Waals surface area (Å²) in [6, 6.07) is 81.2. The zero-order valence-corrected chi connectivity index (χ0v) is 48.4. The summed E-state index contributed by atoms with van der Waals surface area (Å²) >= 11 is 0. The van der Waals surface area contributed by atoms with Crippen LogP contribution in [-0.2, 0) is 51.4 Å². The van der Waals surface area contributed by atoms with E-state index in [-0.39, 0.29) is 0 Å². The predicted molar refractivity (Wildman–Crippen MR) is 351 cm³/mol. The van der Waals surface area contributed by atoms with E-state index in [9.17, 15) is 0 Å². The molecule has 12 aromatic carbocycles. The molecule has 0 aromatic heterocycles. The van der Waals surface area contributed by atoms with E-state index in [4.69, 9.17) is 0 Å². The van der Waals surface area contributed by atoms with Gasteiger partial charge in [-0.15, -0.1) is 0 Å². The topological polar surface area (TPSA) is 0 Å². The maximum atomic E-state index is 2.35. The van der Waals surface area contributed by atoms with Crippen LogP contribution in [0.15, 0.2) is 218 Å². The SMILES string of the molecule is Cc1ccc2c(c1)-c1ccc3c(c1C2)Cc1ccccc1-3.Cc1ccc2c(c1)Cc1c-2ccc2c1Cc1ccccc1-2.Cc1cccc2c1-c1ccc3c(c1C2)Cc1ccccc1-3.Cc1cccc2c1Cc1c-2ccc2c1Cc1ccccc1-2. The summed E-state index contributed by atoms with van der Waals surface area (Å²) in [6.45, 7) is 8.83. The third-order valence-corrected chi connectivity index (χ3v) is 20.3. The highest BCUT2D eigenvalue weighted by Crippen LogP contribution is 2.51. The normalized spacial score (nSPS) is 13.6. The molecular formula is C84H64. The van der Waals surface area contributed by atoms with Crippen LogP contribution in [0.25, 0.3) is 89.0 Å². The molecule has 8 aliphatic carbocycles. The molecule has 0 nitrogen and oxygen atoms in total. The van der Waals surface area contributed by atoms with Gasteiger partial charge in [-0.3, -0.25) is 0 Å². The molecule has 0 saturated heterocycles. The van der Waals surface area contributed by atoms with Gasteiger partial charge >= 0.3 is 0 Å². The van der Waals surface area contributed by atoms with E-state index in [0.29, 0.717) is 0 Å². The van der Waals surface area contributed by atoms with E-state index in [1.54, 1.807) is 44.5 Å². The van der Waals surface area contributed by atoms with Crippen molar-refractivity contribution in [3.8, 4) is 89.0 Å². The molecule has 84 heavy (non-hydrogen) atoms. The molecule has 0 bridgehead atoms. The molecule has 400 valence electrons. The van der Waals surface area contributed by atoms with Gasteiger partial charge in [0.15, 0.2) is 0 Å². The Morgan fingerprint density at radius 2 is 0.476 bits per heavy atom. The average molecular weight is 1070 g/mol. The minimum absolute atomic E-state index is 1.10. The first kappa shape index (κ1) is 49.3. The Hall–Kier alpha value is -9.36. The maximum absolute atomic E-state index is 2.35. The summed E-state index contributed by atoms with van der Waals surface area (Å²) < 4.78 is 0. The van der Waals surface area contributed by atoms with E-state index in [1.807, 2.05) is 0 Å². The van der Waals surface area contributed by atoms with E-state index in [0.717, 1.165) is 51.4 Å². The molecule has 0 unspecified atom stereocenters. The van der Waals surface area contributed by atoms with Crippen molar-refractivity contribution in [2.24, 2.45) is 0 Å². The Bertz CT molecular complexity index is 4810. The van der Waals surface area contributed by atoms with Crippen LogP contribution >= 0.6 is 0 Å². The fraction of sp³-hybridized carbons (Fsp3) is 0.143. The fourth-order valence-corrected chi connectivity index (χ4v) is 16.3. The number of fused-ring (bicyclic) bond motifs is 28. The fourth-order valence-electron chi connectivity index (χ4n) is 16.3. The largest absolute Gasteiger partial charge is 0.0619 e. The molecule has 12 aromatic rings. The summed E-state index contributed by atoms with van der Waals surface area (Å²) in [5, 5.41) is 0. The monoisotopic (exact) mass is 1070 g/mol. The molecule has 0 fully saturated rings. The van der Waals surface area contributed by atoms with Crippen LogP contribution < -0.4 is 0 Å². The van der Waals surface area contributed by atoms with Crippen molar-refractivity contribution in [2.75, 3.05) is 0 Å². The van der Waals surface area contributed by atoms with Crippen LogP contribution in [0.2, 0.25) is 0 Å². The lowest BCUT2D eigenvalue weighted by Crippen LogP contribution is -1.91. The molecule has 0 saturated carbocycles. The first-order valence-corrected chi connectivity index (χ1v) is 30.6. The lowest BCUT2D eigenvalue weighted by Gasteiger charge is -2.09. The Labute approximate surface area is 494 Å². The molecule has 0 heterocycles. The molecule has 0 aliphatic heterocycles. The Morgan fingerprint density at radius 1 is 0.179 bits per heavy atom. The summed E-state index contributed by atoms with van der Waals surface area (Å²) in [5.41, 5.74) is 53.1. The molecule has 0 atom stereocenters. The summed E-state index contributed by atoms with van der Waals surface area (Å²) in [5.74, 6) is 0. The zero-order valence-electron chi connectivity index (χ0n) is 48.4. The number of aryl methyl sites for hydroxylation is 4. The molecule has 0 spiro atoms. The van der Waals surface area contributed by atoms with Crippen LogP contribution in [0.3, 0.4) is 0 Å². The van der Waals surface area contributed by atoms with E-state index >= 15 is 0 Å². The van der Waals surface area contributed by atoms with Gasteiger partial charge < -0.3 is 0 Å². The molecule has 0 heteroatoms. The summed E-state index contributed by atoms with van der Waals surface area (Å²) in [6.07, 6.45) is 8.80. The van der Waals surface area contributed by atoms with Crippen molar-refractivity contribution in [1.82, 2.24) is 0 Å². The minimum atomic E-state index is 1.10. The first-order valence-electron chi connectivity index (χ1n) is 30.6. The van der Waals surface area contributed by atoms with Gasteiger partial charge in [-0.05, 0) is 268 Å². The molecule has 0 amide bonds.